The van der Waals surface area contributed by atoms with Crippen LogP contribution in [0.15, 0.2) is 58.7 Å². The molecule has 7 nitrogen and oxygen atoms in total. The zero-order valence-electron chi connectivity index (χ0n) is 19.2. The van der Waals surface area contributed by atoms with Crippen molar-refractivity contribution in [2.75, 3.05) is 14.2 Å². The molecule has 1 aliphatic heterocycles. The number of carbonyl (C=O) groups excluding carboxylic acids is 4. The van der Waals surface area contributed by atoms with Gasteiger partial charge < -0.3 is 9.84 Å². The number of ketones is 2. The fraction of sp³-hybridized carbons (Fsp3) is 0.333. The van der Waals surface area contributed by atoms with Crippen LogP contribution in [0.3, 0.4) is 0 Å². The van der Waals surface area contributed by atoms with Crippen molar-refractivity contribution in [2.24, 2.45) is 23.7 Å². The summed E-state index contributed by atoms with van der Waals surface area (Å²) in [5.41, 5.74) is 2.95. The summed E-state index contributed by atoms with van der Waals surface area (Å²) in [4.78, 5) is 53.0. The largest absolute Gasteiger partial charge is 0.504 e. The number of rotatable bonds is 3. The highest BCUT2D eigenvalue weighted by molar-refractivity contribution is 6.23. The number of fused-ring (bicyclic) bond motifs is 3. The Morgan fingerprint density at radius 1 is 1.12 bits per heavy atom. The Hall–Kier alpha value is -3.74. The highest BCUT2D eigenvalue weighted by Crippen LogP contribution is 2.52. The zero-order valence-corrected chi connectivity index (χ0v) is 19.2. The molecule has 174 valence electrons. The van der Waals surface area contributed by atoms with Gasteiger partial charge in [0.05, 0.1) is 18.9 Å². The number of ether oxygens (including phenoxy) is 1. The molecule has 4 aliphatic rings. The van der Waals surface area contributed by atoms with E-state index in [1.54, 1.807) is 19.1 Å². The first-order valence-electron chi connectivity index (χ1n) is 11.3. The molecule has 0 radical (unpaired) electrons. The van der Waals surface area contributed by atoms with Crippen molar-refractivity contribution in [3.8, 4) is 11.5 Å². The van der Waals surface area contributed by atoms with E-state index in [9.17, 15) is 24.3 Å². The molecule has 5 rings (SSSR count). The molecule has 1 heterocycles. The zero-order chi connectivity index (χ0) is 24.3. The number of Topliss-reactive ketones (excluding diaryl/α,β-unsaturated/α-hetero) is 1. The summed E-state index contributed by atoms with van der Waals surface area (Å²) in [6.07, 6.45) is 7.76. The molecule has 4 atom stereocenters. The van der Waals surface area contributed by atoms with Crippen LogP contribution < -0.4 is 4.74 Å². The third-order valence-corrected chi connectivity index (χ3v) is 7.52. The predicted octanol–water partition coefficient (Wildman–Crippen LogP) is 3.01. The van der Waals surface area contributed by atoms with Crippen molar-refractivity contribution >= 4 is 29.5 Å². The van der Waals surface area contributed by atoms with Crippen LogP contribution in [0.4, 0.5) is 0 Å². The van der Waals surface area contributed by atoms with Gasteiger partial charge in [0.15, 0.2) is 23.1 Å². The number of amides is 2. The van der Waals surface area contributed by atoms with E-state index in [1.165, 1.54) is 31.2 Å². The van der Waals surface area contributed by atoms with Gasteiger partial charge in [0, 0.05) is 29.7 Å². The number of methoxy groups -OCH3 is 1. The van der Waals surface area contributed by atoms with Crippen molar-refractivity contribution in [2.45, 2.75) is 19.8 Å². The lowest BCUT2D eigenvalue weighted by Crippen LogP contribution is -2.39. The summed E-state index contributed by atoms with van der Waals surface area (Å²) in [7, 11) is 2.97. The van der Waals surface area contributed by atoms with E-state index >= 15 is 0 Å². The molecule has 3 aliphatic carbocycles. The molecule has 1 fully saturated rings. The summed E-state index contributed by atoms with van der Waals surface area (Å²) >= 11 is 0. The number of nitrogens with zero attached hydrogens (tertiary/aromatic N) is 1. The number of hydrogen-bond donors (Lipinski definition) is 1. The maximum absolute atomic E-state index is 13.2. The number of benzene rings is 1. The Balaban J connectivity index is 1.62. The van der Waals surface area contributed by atoms with Gasteiger partial charge in [-0.3, -0.25) is 24.1 Å². The number of likely N-dealkylation sites (tertiary alicyclic amines) is 1. The predicted molar refractivity (Wildman–Crippen MR) is 124 cm³/mol. The van der Waals surface area contributed by atoms with Crippen LogP contribution in [-0.4, -0.2) is 47.5 Å². The molecular formula is C27H25NO6. The number of hydrogen-bond acceptors (Lipinski definition) is 6. The molecule has 1 saturated heterocycles. The van der Waals surface area contributed by atoms with Gasteiger partial charge in [-0.2, -0.15) is 0 Å². The molecule has 0 saturated carbocycles. The second-order valence-corrected chi connectivity index (χ2v) is 9.30. The molecule has 34 heavy (non-hydrogen) atoms. The molecular weight excluding hydrogens is 434 g/mol. The molecule has 1 aromatic carbocycles. The van der Waals surface area contributed by atoms with Gasteiger partial charge in [0.2, 0.25) is 11.8 Å². The second kappa shape index (κ2) is 7.94. The highest BCUT2D eigenvalue weighted by Gasteiger charge is 2.54. The Kier molecular flexibility index (Phi) is 5.15. The Bertz CT molecular complexity index is 1280. The third kappa shape index (κ3) is 3.18. The van der Waals surface area contributed by atoms with Crippen LogP contribution in [0, 0.1) is 23.7 Å². The van der Waals surface area contributed by atoms with Crippen molar-refractivity contribution in [1.82, 2.24) is 4.90 Å². The number of allylic oxidation sites excluding steroid dienone is 7. The van der Waals surface area contributed by atoms with E-state index in [0.717, 1.165) is 11.1 Å². The van der Waals surface area contributed by atoms with E-state index in [2.05, 4.69) is 0 Å². The fourth-order valence-electron chi connectivity index (χ4n) is 5.80. The number of aromatic hydroxyl groups is 1. The van der Waals surface area contributed by atoms with Gasteiger partial charge in [0.25, 0.3) is 0 Å². The van der Waals surface area contributed by atoms with Crippen molar-refractivity contribution in [1.29, 1.82) is 0 Å². The van der Waals surface area contributed by atoms with Crippen LogP contribution in [0.5, 0.6) is 11.5 Å². The standard InChI is InChI=1S/C27H25NO6/c1-13-10-21(30)19-12-18-15(7-8-17-24(18)27(33)28(2)26(17)32)16(23(19)25(13)31)6-4-14-5-9-20(29)22(11-14)34-3/h4-7,9-11,16-18,24,29H,8,12H2,1-3H3. The first-order valence-corrected chi connectivity index (χ1v) is 11.3. The molecule has 0 bridgehead atoms. The van der Waals surface area contributed by atoms with Crippen molar-refractivity contribution in [3.63, 3.8) is 0 Å². The minimum Gasteiger partial charge on any atom is -0.504 e. The van der Waals surface area contributed by atoms with E-state index in [4.69, 9.17) is 4.74 Å². The normalized spacial score (nSPS) is 28.6. The van der Waals surface area contributed by atoms with Gasteiger partial charge in [0.1, 0.15) is 0 Å². The monoisotopic (exact) mass is 459 g/mol. The summed E-state index contributed by atoms with van der Waals surface area (Å²) < 4.78 is 5.19. The minimum absolute atomic E-state index is 0.0192. The summed E-state index contributed by atoms with van der Waals surface area (Å²) in [6.45, 7) is 1.64. The number of carbonyl (C=O) groups is 4. The molecule has 4 unspecified atom stereocenters. The average Bonchev–Trinajstić information content (AvgIpc) is 3.05. The lowest BCUT2D eigenvalue weighted by atomic mass is 9.60. The van der Waals surface area contributed by atoms with Gasteiger partial charge in [-0.05, 0) is 49.5 Å². The summed E-state index contributed by atoms with van der Waals surface area (Å²) in [5.74, 6) is -2.18. The molecule has 2 amide bonds. The van der Waals surface area contributed by atoms with Gasteiger partial charge >= 0.3 is 0 Å². The third-order valence-electron chi connectivity index (χ3n) is 7.52. The number of phenolic OH excluding ortho intramolecular Hbond substituents is 1. The smallest absolute Gasteiger partial charge is 0.233 e. The highest BCUT2D eigenvalue weighted by atomic mass is 16.5. The van der Waals surface area contributed by atoms with Crippen LogP contribution >= 0.6 is 0 Å². The first kappa shape index (κ1) is 22.1. The lowest BCUT2D eigenvalue weighted by Gasteiger charge is -2.41. The average molecular weight is 459 g/mol. The molecule has 0 spiro atoms. The maximum atomic E-state index is 13.2. The topological polar surface area (TPSA) is 101 Å². The van der Waals surface area contributed by atoms with E-state index in [-0.39, 0.29) is 41.5 Å². The molecule has 7 heteroatoms. The summed E-state index contributed by atoms with van der Waals surface area (Å²) in [5, 5.41) is 9.89. The van der Waals surface area contributed by atoms with E-state index in [1.807, 2.05) is 18.2 Å². The minimum atomic E-state index is -0.522. The Morgan fingerprint density at radius 3 is 2.62 bits per heavy atom. The van der Waals surface area contributed by atoms with Crippen molar-refractivity contribution < 1.29 is 29.0 Å². The molecule has 1 aromatic rings. The Labute approximate surface area is 197 Å². The van der Waals surface area contributed by atoms with Crippen LogP contribution in [0.2, 0.25) is 0 Å². The first-order chi connectivity index (χ1) is 16.2. The fourth-order valence-corrected chi connectivity index (χ4v) is 5.80. The van der Waals surface area contributed by atoms with Gasteiger partial charge in [-0.15, -0.1) is 0 Å². The number of imide groups is 1. The van der Waals surface area contributed by atoms with Gasteiger partial charge in [-0.1, -0.05) is 29.9 Å². The molecule has 0 aromatic heterocycles. The quantitative estimate of drug-likeness (QED) is 0.424. The van der Waals surface area contributed by atoms with Crippen LogP contribution in [-0.2, 0) is 19.2 Å². The van der Waals surface area contributed by atoms with Crippen LogP contribution in [0.25, 0.3) is 6.08 Å². The SMILES string of the molecule is COc1cc(C=CC2C3=CCC4C(=O)N(C)C(=O)C4C3CC3=C2C(=O)C(C)=CC3=O)ccc1O. The second-order valence-electron chi connectivity index (χ2n) is 9.30. The molecule has 1 N–H and O–H groups in total. The Morgan fingerprint density at radius 2 is 1.88 bits per heavy atom. The van der Waals surface area contributed by atoms with E-state index in [0.29, 0.717) is 28.9 Å². The van der Waals surface area contributed by atoms with E-state index < -0.39 is 17.8 Å². The van der Waals surface area contributed by atoms with Crippen LogP contribution in [0.1, 0.15) is 25.3 Å². The van der Waals surface area contributed by atoms with Gasteiger partial charge in [-0.25, -0.2) is 0 Å². The summed E-state index contributed by atoms with van der Waals surface area (Å²) in [6, 6.07) is 4.93. The van der Waals surface area contributed by atoms with Crippen molar-refractivity contribution in [3.05, 3.63) is 64.3 Å². The lowest BCUT2D eigenvalue weighted by molar-refractivity contribution is -0.138. The maximum Gasteiger partial charge on any atom is 0.233 e. The number of phenols is 1.